The zero-order valence-corrected chi connectivity index (χ0v) is 31.7. The Kier molecular flexibility index (Phi) is 8.19. The van der Waals surface area contributed by atoms with E-state index in [2.05, 4.69) is 218 Å². The maximum absolute atomic E-state index is 5.29. The van der Waals surface area contributed by atoms with Gasteiger partial charge in [-0.1, -0.05) is 176 Å². The van der Waals surface area contributed by atoms with E-state index in [1.54, 1.807) is 0 Å². The number of pyridine rings is 2. The summed E-state index contributed by atoms with van der Waals surface area (Å²) < 4.78 is 0. The predicted octanol–water partition coefficient (Wildman–Crippen LogP) is 15.1. The Morgan fingerprint density at radius 3 is 0.948 bits per heavy atom. The summed E-state index contributed by atoms with van der Waals surface area (Å²) in [5.74, 6) is 0. The summed E-state index contributed by atoms with van der Waals surface area (Å²) in [6, 6.07) is 78.2. The largest absolute Gasteiger partial charge is 0.247 e. The quantitative estimate of drug-likeness (QED) is 0.159. The molecule has 0 aliphatic heterocycles. The molecule has 0 bridgehead atoms. The van der Waals surface area contributed by atoms with E-state index in [9.17, 15) is 0 Å². The molecule has 0 unspecified atom stereocenters. The Labute approximate surface area is 337 Å². The normalized spacial score (nSPS) is 11.4. The fraction of sp³-hybridized carbons (Fsp3) is 0. The molecule has 0 saturated carbocycles. The minimum atomic E-state index is 0.961. The van der Waals surface area contributed by atoms with Crippen molar-refractivity contribution in [2.24, 2.45) is 0 Å². The lowest BCUT2D eigenvalue weighted by atomic mass is 9.95. The van der Waals surface area contributed by atoms with Gasteiger partial charge < -0.3 is 0 Å². The first-order chi connectivity index (χ1) is 28.7. The number of rotatable bonds is 6. The van der Waals surface area contributed by atoms with Crippen LogP contribution in [0.25, 0.3) is 110 Å². The summed E-state index contributed by atoms with van der Waals surface area (Å²) in [7, 11) is 0. The summed E-state index contributed by atoms with van der Waals surface area (Å²) in [5.41, 5.74) is 15.6. The highest BCUT2D eigenvalue weighted by atomic mass is 14.7. The molecule has 0 amide bonds. The highest BCUT2D eigenvalue weighted by Gasteiger charge is 2.12. The van der Waals surface area contributed by atoms with Crippen molar-refractivity contribution >= 4 is 43.4 Å². The van der Waals surface area contributed by atoms with Crippen molar-refractivity contribution in [2.75, 3.05) is 0 Å². The molecule has 0 spiro atoms. The number of benzene rings is 9. The number of nitrogens with zero attached hydrogens (tertiary/aromatic N) is 2. The van der Waals surface area contributed by atoms with Crippen LogP contribution in [-0.2, 0) is 0 Å². The Hall–Kier alpha value is -7.68. The maximum Gasteiger partial charge on any atom is 0.0788 e. The van der Waals surface area contributed by atoms with Gasteiger partial charge in [0.1, 0.15) is 0 Å². The third kappa shape index (κ3) is 6.18. The van der Waals surface area contributed by atoms with Crippen molar-refractivity contribution in [2.45, 2.75) is 0 Å². The predicted molar refractivity (Wildman–Crippen MR) is 245 cm³/mol. The molecule has 2 aromatic heterocycles. The van der Waals surface area contributed by atoms with Gasteiger partial charge in [0.15, 0.2) is 0 Å². The lowest BCUT2D eigenvalue weighted by molar-refractivity contribution is 1.41. The second-order valence-electron chi connectivity index (χ2n) is 15.0. The zero-order chi connectivity index (χ0) is 38.4. The Bertz CT molecular complexity index is 3110. The lowest BCUT2D eigenvalue weighted by Gasteiger charge is -2.11. The summed E-state index contributed by atoms with van der Waals surface area (Å²) in [4.78, 5) is 10.6. The van der Waals surface area contributed by atoms with Crippen LogP contribution in [0.4, 0.5) is 0 Å². The van der Waals surface area contributed by atoms with E-state index in [4.69, 9.17) is 9.97 Å². The van der Waals surface area contributed by atoms with Gasteiger partial charge in [-0.3, -0.25) is 0 Å². The molecule has 9 aromatic carbocycles. The van der Waals surface area contributed by atoms with Gasteiger partial charge in [0.05, 0.1) is 22.4 Å². The molecule has 270 valence electrons. The van der Waals surface area contributed by atoms with Crippen molar-refractivity contribution in [3.8, 4) is 67.0 Å². The fourth-order valence-electron chi connectivity index (χ4n) is 8.35. The standard InChI is InChI=1S/C56H36N2/c1-3-10-37(11-4-1)47-26-22-39-20-24-41-28-30-53(57-55(41)51(39)35-47)49-18-8-16-45(33-49)43-14-7-15-44(32-43)46-17-9-19-50(34-46)54-31-29-42-25-21-40-23-27-48(36-52(40)56(42)58-54)38-12-5-2-6-13-38/h1-36H. The van der Waals surface area contributed by atoms with Gasteiger partial charge in [-0.2, -0.15) is 0 Å². The summed E-state index contributed by atoms with van der Waals surface area (Å²) in [6.07, 6.45) is 0. The Morgan fingerprint density at radius 2 is 0.517 bits per heavy atom. The number of hydrogen-bond acceptors (Lipinski definition) is 2. The van der Waals surface area contributed by atoms with Crippen LogP contribution in [0.15, 0.2) is 218 Å². The average molecular weight is 737 g/mol. The van der Waals surface area contributed by atoms with Crippen LogP contribution in [0.5, 0.6) is 0 Å². The van der Waals surface area contributed by atoms with E-state index in [1.165, 1.54) is 33.0 Å². The molecule has 0 saturated heterocycles. The molecule has 0 aliphatic rings. The van der Waals surface area contributed by atoms with Crippen LogP contribution in [0.1, 0.15) is 0 Å². The monoisotopic (exact) mass is 736 g/mol. The molecular formula is C56H36N2. The van der Waals surface area contributed by atoms with Crippen molar-refractivity contribution in [3.05, 3.63) is 218 Å². The molecule has 0 fully saturated rings. The Morgan fingerprint density at radius 1 is 0.207 bits per heavy atom. The van der Waals surface area contributed by atoms with E-state index in [0.717, 1.165) is 77.3 Å². The van der Waals surface area contributed by atoms with Crippen molar-refractivity contribution in [1.29, 1.82) is 0 Å². The second kappa shape index (κ2) is 14.1. The van der Waals surface area contributed by atoms with Gasteiger partial charge in [-0.25, -0.2) is 9.97 Å². The molecule has 11 aromatic rings. The smallest absolute Gasteiger partial charge is 0.0788 e. The fourth-order valence-corrected chi connectivity index (χ4v) is 8.35. The van der Waals surface area contributed by atoms with Crippen molar-refractivity contribution in [1.82, 2.24) is 9.97 Å². The molecule has 2 heterocycles. The third-order valence-electron chi connectivity index (χ3n) is 11.4. The summed E-state index contributed by atoms with van der Waals surface area (Å²) in [6.45, 7) is 0. The topological polar surface area (TPSA) is 25.8 Å². The van der Waals surface area contributed by atoms with E-state index >= 15 is 0 Å². The van der Waals surface area contributed by atoms with Gasteiger partial charge in [0, 0.05) is 32.7 Å². The SMILES string of the molecule is c1ccc(-c2ccc3ccc4ccc(-c5cccc(-c6cccc(-c7cccc(-c8ccc9ccc%10ccc(-c%11ccccc%11)cc%10c9n8)c7)c6)c5)nc4c3c2)cc1. The van der Waals surface area contributed by atoms with E-state index in [-0.39, 0.29) is 0 Å². The second-order valence-corrected chi connectivity index (χ2v) is 15.0. The molecule has 58 heavy (non-hydrogen) atoms. The first-order valence-corrected chi connectivity index (χ1v) is 19.8. The van der Waals surface area contributed by atoms with Crippen LogP contribution in [-0.4, -0.2) is 9.97 Å². The molecule has 0 atom stereocenters. The van der Waals surface area contributed by atoms with E-state index in [1.807, 2.05) is 0 Å². The number of aromatic nitrogens is 2. The van der Waals surface area contributed by atoms with Crippen LogP contribution in [0.2, 0.25) is 0 Å². The van der Waals surface area contributed by atoms with E-state index in [0.29, 0.717) is 0 Å². The Balaban J connectivity index is 0.928. The zero-order valence-electron chi connectivity index (χ0n) is 31.7. The number of hydrogen-bond donors (Lipinski definition) is 0. The molecule has 0 aliphatic carbocycles. The molecular weight excluding hydrogens is 701 g/mol. The average Bonchev–Trinajstić information content (AvgIpc) is 3.31. The summed E-state index contributed by atoms with van der Waals surface area (Å²) in [5, 5.41) is 6.98. The van der Waals surface area contributed by atoms with Crippen molar-refractivity contribution < 1.29 is 0 Å². The summed E-state index contributed by atoms with van der Waals surface area (Å²) >= 11 is 0. The van der Waals surface area contributed by atoms with Gasteiger partial charge in [-0.05, 0) is 97.7 Å². The van der Waals surface area contributed by atoms with Gasteiger partial charge in [0.25, 0.3) is 0 Å². The first-order valence-electron chi connectivity index (χ1n) is 19.8. The molecule has 11 rings (SSSR count). The van der Waals surface area contributed by atoms with E-state index < -0.39 is 0 Å². The minimum absolute atomic E-state index is 0.961. The van der Waals surface area contributed by atoms with Crippen LogP contribution >= 0.6 is 0 Å². The first kappa shape index (κ1) is 33.6. The maximum atomic E-state index is 5.29. The van der Waals surface area contributed by atoms with Gasteiger partial charge in [-0.15, -0.1) is 0 Å². The molecule has 2 heteroatoms. The highest BCUT2D eigenvalue weighted by Crippen LogP contribution is 2.35. The lowest BCUT2D eigenvalue weighted by Crippen LogP contribution is -1.89. The highest BCUT2D eigenvalue weighted by molar-refractivity contribution is 6.08. The minimum Gasteiger partial charge on any atom is -0.247 e. The van der Waals surface area contributed by atoms with Crippen molar-refractivity contribution in [3.63, 3.8) is 0 Å². The van der Waals surface area contributed by atoms with Crippen LogP contribution < -0.4 is 0 Å². The third-order valence-corrected chi connectivity index (χ3v) is 11.4. The molecule has 2 nitrogen and oxygen atoms in total. The number of fused-ring (bicyclic) bond motifs is 6. The van der Waals surface area contributed by atoms with Crippen LogP contribution in [0, 0.1) is 0 Å². The molecule has 0 N–H and O–H groups in total. The van der Waals surface area contributed by atoms with Crippen LogP contribution in [0.3, 0.4) is 0 Å². The van der Waals surface area contributed by atoms with Gasteiger partial charge >= 0.3 is 0 Å². The van der Waals surface area contributed by atoms with Gasteiger partial charge in [0.2, 0.25) is 0 Å². The molecule has 0 radical (unpaired) electrons.